The van der Waals surface area contributed by atoms with E-state index in [1.54, 1.807) is 30.3 Å². The van der Waals surface area contributed by atoms with E-state index in [0.717, 1.165) is 17.7 Å². The van der Waals surface area contributed by atoms with Gasteiger partial charge in [0.1, 0.15) is 0 Å². The summed E-state index contributed by atoms with van der Waals surface area (Å²) >= 11 is 0. The standard InChI is InChI=1S/C17H17F3N2O/c18-17(19,20)15-3-1-2-14(10-15)13-6-4-12(5-7-13)11-22-16(23)8-9-21/h1-7,10H,8-9,11,21H2,(H,22,23). The van der Waals surface area contributed by atoms with Crippen LogP contribution < -0.4 is 11.1 Å². The van der Waals surface area contributed by atoms with Crippen LogP contribution in [0.5, 0.6) is 0 Å². The van der Waals surface area contributed by atoms with Gasteiger partial charge in [-0.3, -0.25) is 4.79 Å². The molecule has 0 spiro atoms. The SMILES string of the molecule is NCCC(=O)NCc1ccc(-c2cccc(C(F)(F)F)c2)cc1. The van der Waals surface area contributed by atoms with E-state index in [-0.39, 0.29) is 12.3 Å². The van der Waals surface area contributed by atoms with Gasteiger partial charge in [0, 0.05) is 19.5 Å². The quantitative estimate of drug-likeness (QED) is 0.887. The van der Waals surface area contributed by atoms with Crippen molar-refractivity contribution in [3.05, 3.63) is 59.7 Å². The van der Waals surface area contributed by atoms with Crippen LogP contribution in [-0.2, 0) is 17.5 Å². The third-order valence-corrected chi connectivity index (χ3v) is 3.34. The lowest BCUT2D eigenvalue weighted by Gasteiger charge is -2.10. The number of amides is 1. The minimum absolute atomic E-state index is 0.130. The molecule has 0 saturated heterocycles. The van der Waals surface area contributed by atoms with Gasteiger partial charge in [-0.25, -0.2) is 0 Å². The molecule has 122 valence electrons. The smallest absolute Gasteiger partial charge is 0.352 e. The average Bonchev–Trinajstić information content (AvgIpc) is 2.53. The second kappa shape index (κ2) is 7.28. The highest BCUT2D eigenvalue weighted by Gasteiger charge is 2.30. The Kier molecular flexibility index (Phi) is 5.39. The number of hydrogen-bond acceptors (Lipinski definition) is 2. The lowest BCUT2D eigenvalue weighted by molar-refractivity contribution is -0.137. The first kappa shape index (κ1) is 17.0. The van der Waals surface area contributed by atoms with Gasteiger partial charge in [-0.05, 0) is 28.8 Å². The minimum atomic E-state index is -4.36. The van der Waals surface area contributed by atoms with E-state index in [4.69, 9.17) is 5.73 Å². The maximum absolute atomic E-state index is 12.7. The van der Waals surface area contributed by atoms with Crippen LogP contribution in [0.2, 0.25) is 0 Å². The van der Waals surface area contributed by atoms with Crippen molar-refractivity contribution < 1.29 is 18.0 Å². The second-order valence-corrected chi connectivity index (χ2v) is 5.09. The summed E-state index contributed by atoms with van der Waals surface area (Å²) in [4.78, 5) is 11.3. The highest BCUT2D eigenvalue weighted by Crippen LogP contribution is 2.32. The third kappa shape index (κ3) is 4.82. The Morgan fingerprint density at radius 1 is 1.04 bits per heavy atom. The highest BCUT2D eigenvalue weighted by atomic mass is 19.4. The lowest BCUT2D eigenvalue weighted by Crippen LogP contribution is -2.24. The number of halogens is 3. The van der Waals surface area contributed by atoms with E-state index < -0.39 is 11.7 Å². The first-order valence-corrected chi connectivity index (χ1v) is 7.13. The molecule has 0 radical (unpaired) electrons. The van der Waals surface area contributed by atoms with E-state index in [9.17, 15) is 18.0 Å². The number of rotatable bonds is 5. The molecule has 0 aliphatic carbocycles. The molecule has 0 saturated carbocycles. The third-order valence-electron chi connectivity index (χ3n) is 3.34. The lowest BCUT2D eigenvalue weighted by atomic mass is 10.0. The van der Waals surface area contributed by atoms with Crippen LogP contribution >= 0.6 is 0 Å². The van der Waals surface area contributed by atoms with E-state index in [1.807, 2.05) is 0 Å². The molecule has 3 N–H and O–H groups in total. The molecule has 0 fully saturated rings. The summed E-state index contributed by atoms with van der Waals surface area (Å²) in [5.74, 6) is -0.130. The summed E-state index contributed by atoms with van der Waals surface area (Å²) in [7, 11) is 0. The Labute approximate surface area is 132 Å². The molecule has 0 bridgehead atoms. The van der Waals surface area contributed by atoms with Crippen molar-refractivity contribution in [1.82, 2.24) is 5.32 Å². The fourth-order valence-electron chi connectivity index (χ4n) is 2.11. The molecule has 6 heteroatoms. The largest absolute Gasteiger partial charge is 0.416 e. The number of alkyl halides is 3. The van der Waals surface area contributed by atoms with Crippen LogP contribution in [0, 0.1) is 0 Å². The van der Waals surface area contributed by atoms with Gasteiger partial charge in [0.2, 0.25) is 5.91 Å². The Morgan fingerprint density at radius 3 is 2.35 bits per heavy atom. The Morgan fingerprint density at radius 2 is 1.74 bits per heavy atom. The molecule has 0 aliphatic heterocycles. The zero-order chi connectivity index (χ0) is 16.9. The summed E-state index contributed by atoms with van der Waals surface area (Å²) in [5, 5.41) is 2.72. The molecule has 3 nitrogen and oxygen atoms in total. The molecule has 1 amide bonds. The normalized spacial score (nSPS) is 11.3. The van der Waals surface area contributed by atoms with Crippen molar-refractivity contribution >= 4 is 5.91 Å². The zero-order valence-electron chi connectivity index (χ0n) is 12.4. The van der Waals surface area contributed by atoms with Gasteiger partial charge in [-0.15, -0.1) is 0 Å². The molecule has 0 unspecified atom stereocenters. The Bertz CT molecular complexity index is 666. The van der Waals surface area contributed by atoms with Crippen LogP contribution in [0.25, 0.3) is 11.1 Å². The van der Waals surface area contributed by atoms with E-state index in [2.05, 4.69) is 5.32 Å². The molecule has 0 aliphatic rings. The molecule has 2 rings (SSSR count). The summed E-state index contributed by atoms with van der Waals surface area (Å²) < 4.78 is 38.2. The van der Waals surface area contributed by atoms with Crippen molar-refractivity contribution in [3.8, 4) is 11.1 Å². The maximum atomic E-state index is 12.7. The second-order valence-electron chi connectivity index (χ2n) is 5.09. The molecular formula is C17H17F3N2O. The summed E-state index contributed by atoms with van der Waals surface area (Å²) in [6, 6.07) is 12.2. The zero-order valence-corrected chi connectivity index (χ0v) is 12.4. The van der Waals surface area contributed by atoms with Crippen molar-refractivity contribution in [2.75, 3.05) is 6.54 Å². The summed E-state index contributed by atoms with van der Waals surface area (Å²) in [6.07, 6.45) is -4.09. The molecular weight excluding hydrogens is 305 g/mol. The van der Waals surface area contributed by atoms with Crippen LogP contribution in [0.15, 0.2) is 48.5 Å². The maximum Gasteiger partial charge on any atom is 0.416 e. The average molecular weight is 322 g/mol. The molecule has 23 heavy (non-hydrogen) atoms. The molecule has 0 aromatic heterocycles. The molecule has 2 aromatic carbocycles. The Hall–Kier alpha value is -2.34. The summed E-state index contributed by atoms with van der Waals surface area (Å²) in [5.41, 5.74) is 6.66. The van der Waals surface area contributed by atoms with Crippen LogP contribution in [0.3, 0.4) is 0 Å². The first-order valence-electron chi connectivity index (χ1n) is 7.13. The number of hydrogen-bond donors (Lipinski definition) is 2. The van der Waals surface area contributed by atoms with Crippen molar-refractivity contribution in [2.24, 2.45) is 5.73 Å². The number of nitrogens with two attached hydrogens (primary N) is 1. The van der Waals surface area contributed by atoms with E-state index >= 15 is 0 Å². The predicted molar refractivity (Wildman–Crippen MR) is 82.4 cm³/mol. The van der Waals surface area contributed by atoms with Crippen molar-refractivity contribution in [1.29, 1.82) is 0 Å². The van der Waals surface area contributed by atoms with Gasteiger partial charge in [-0.2, -0.15) is 13.2 Å². The molecule has 0 atom stereocenters. The van der Waals surface area contributed by atoms with Gasteiger partial charge < -0.3 is 11.1 Å². The summed E-state index contributed by atoms with van der Waals surface area (Å²) in [6.45, 7) is 0.655. The van der Waals surface area contributed by atoms with Crippen LogP contribution in [0.4, 0.5) is 13.2 Å². The van der Waals surface area contributed by atoms with Gasteiger partial charge in [0.15, 0.2) is 0 Å². The van der Waals surface area contributed by atoms with E-state index in [0.29, 0.717) is 24.2 Å². The van der Waals surface area contributed by atoms with Crippen LogP contribution in [-0.4, -0.2) is 12.5 Å². The minimum Gasteiger partial charge on any atom is -0.352 e. The van der Waals surface area contributed by atoms with Crippen LogP contribution in [0.1, 0.15) is 17.5 Å². The number of benzene rings is 2. The molecule has 0 heterocycles. The number of carbonyl (C=O) groups excluding carboxylic acids is 1. The fraction of sp³-hybridized carbons (Fsp3) is 0.235. The molecule has 2 aromatic rings. The van der Waals surface area contributed by atoms with Gasteiger partial charge >= 0.3 is 6.18 Å². The fourth-order valence-corrected chi connectivity index (χ4v) is 2.11. The van der Waals surface area contributed by atoms with Gasteiger partial charge in [0.05, 0.1) is 5.56 Å². The first-order chi connectivity index (χ1) is 10.9. The van der Waals surface area contributed by atoms with Crippen molar-refractivity contribution in [2.45, 2.75) is 19.1 Å². The Balaban J connectivity index is 2.09. The predicted octanol–water partition coefficient (Wildman–Crippen LogP) is 3.34. The topological polar surface area (TPSA) is 55.1 Å². The number of carbonyl (C=O) groups is 1. The number of nitrogens with one attached hydrogen (secondary N) is 1. The van der Waals surface area contributed by atoms with Crippen molar-refractivity contribution in [3.63, 3.8) is 0 Å². The van der Waals surface area contributed by atoms with Gasteiger partial charge in [0.25, 0.3) is 0 Å². The van der Waals surface area contributed by atoms with Gasteiger partial charge in [-0.1, -0.05) is 36.4 Å². The monoisotopic (exact) mass is 322 g/mol. The van der Waals surface area contributed by atoms with E-state index in [1.165, 1.54) is 6.07 Å². The highest BCUT2D eigenvalue weighted by molar-refractivity contribution is 5.76.